The molecule has 0 bridgehead atoms. The zero-order chi connectivity index (χ0) is 8.48. The number of hydrogen-bond acceptors (Lipinski definition) is 1. The zero-order valence-electron chi connectivity index (χ0n) is 8.07. The summed E-state index contributed by atoms with van der Waals surface area (Å²) >= 11 is 0. The molecule has 0 unspecified atom stereocenters. The summed E-state index contributed by atoms with van der Waals surface area (Å²) in [7, 11) is 0. The first-order valence-electron chi connectivity index (χ1n) is 4.46. The molecule has 1 heterocycles. The van der Waals surface area contributed by atoms with Gasteiger partial charge in [0.15, 0.2) is 0 Å². The van der Waals surface area contributed by atoms with Crippen molar-refractivity contribution < 1.29 is 0 Å². The molecule has 0 fully saturated rings. The van der Waals surface area contributed by atoms with Crippen LogP contribution in [0, 0.1) is 5.41 Å². The Morgan fingerprint density at radius 2 is 2.09 bits per heavy atom. The Kier molecular flexibility index (Phi) is 2.38. The number of hydrogen-bond donors (Lipinski definition) is 1. The second-order valence-electron chi connectivity index (χ2n) is 4.37. The largest absolute Gasteiger partial charge is 0.310 e. The van der Waals surface area contributed by atoms with Crippen molar-refractivity contribution in [2.45, 2.75) is 40.2 Å². The fourth-order valence-corrected chi connectivity index (χ4v) is 1.77. The van der Waals surface area contributed by atoms with Crippen molar-refractivity contribution >= 4 is 0 Å². The average Bonchev–Trinajstić information content (AvgIpc) is 1.86. The molecule has 1 nitrogen and oxygen atoms in total. The van der Waals surface area contributed by atoms with E-state index in [-0.39, 0.29) is 0 Å². The molecule has 0 aromatic rings. The summed E-state index contributed by atoms with van der Waals surface area (Å²) in [6.45, 7) is 10.2. The van der Waals surface area contributed by atoms with Gasteiger partial charge in [-0.1, -0.05) is 32.4 Å². The minimum Gasteiger partial charge on any atom is -0.310 e. The lowest BCUT2D eigenvalue weighted by atomic mass is 9.80. The Labute approximate surface area is 69.9 Å². The lowest BCUT2D eigenvalue weighted by molar-refractivity contribution is 0.422. The van der Waals surface area contributed by atoms with Crippen LogP contribution in [0.4, 0.5) is 0 Å². The van der Waals surface area contributed by atoms with Crippen molar-refractivity contribution in [2.24, 2.45) is 5.41 Å². The van der Waals surface area contributed by atoms with Crippen LogP contribution in [0.25, 0.3) is 0 Å². The number of rotatable bonds is 0. The molecular weight excluding hydrogens is 134 g/mol. The van der Waals surface area contributed by atoms with Crippen LogP contribution in [0.2, 0.25) is 0 Å². The van der Waals surface area contributed by atoms with Gasteiger partial charge in [-0.25, -0.2) is 0 Å². The molecule has 1 N–H and O–H groups in total. The van der Waals surface area contributed by atoms with E-state index in [0.29, 0.717) is 11.5 Å². The maximum absolute atomic E-state index is 3.47. The van der Waals surface area contributed by atoms with E-state index in [4.69, 9.17) is 0 Å². The first kappa shape index (κ1) is 8.79. The van der Waals surface area contributed by atoms with Crippen LogP contribution in [0.5, 0.6) is 0 Å². The Morgan fingerprint density at radius 3 is 2.45 bits per heavy atom. The predicted octanol–water partition coefficient (Wildman–Crippen LogP) is 2.34. The normalized spacial score (nSPS) is 26.5. The Bertz CT molecular complexity index is 162. The molecule has 1 aliphatic rings. The molecule has 0 amide bonds. The quantitative estimate of drug-likeness (QED) is 0.527. The smallest absolute Gasteiger partial charge is 0.0256 e. The van der Waals surface area contributed by atoms with Gasteiger partial charge in [0.1, 0.15) is 0 Å². The van der Waals surface area contributed by atoms with E-state index in [1.165, 1.54) is 6.42 Å². The van der Waals surface area contributed by atoms with Gasteiger partial charge in [-0.3, -0.25) is 0 Å². The summed E-state index contributed by atoms with van der Waals surface area (Å²) in [5.41, 5.74) is 1.90. The van der Waals surface area contributed by atoms with Gasteiger partial charge >= 0.3 is 0 Å². The molecule has 0 saturated heterocycles. The molecule has 0 saturated carbocycles. The summed E-state index contributed by atoms with van der Waals surface area (Å²) < 4.78 is 0. The lowest BCUT2D eigenvalue weighted by Crippen LogP contribution is -2.36. The Hall–Kier alpha value is -0.300. The minimum absolute atomic E-state index is 0.340. The van der Waals surface area contributed by atoms with E-state index in [2.05, 4.69) is 39.1 Å². The third kappa shape index (κ3) is 2.06. The Balaban J connectivity index is 2.76. The maximum Gasteiger partial charge on any atom is 0.0256 e. The fourth-order valence-electron chi connectivity index (χ4n) is 1.77. The van der Waals surface area contributed by atoms with Crippen LogP contribution in [-0.2, 0) is 0 Å². The summed E-state index contributed by atoms with van der Waals surface area (Å²) in [5, 5.41) is 3.47. The summed E-state index contributed by atoms with van der Waals surface area (Å²) in [4.78, 5) is 0. The van der Waals surface area contributed by atoms with Crippen LogP contribution < -0.4 is 5.32 Å². The minimum atomic E-state index is 0.340. The average molecular weight is 153 g/mol. The molecule has 1 aliphatic heterocycles. The first-order chi connectivity index (χ1) is 5.02. The highest BCUT2D eigenvalue weighted by atomic mass is 14.9. The van der Waals surface area contributed by atoms with Gasteiger partial charge in [0.05, 0.1) is 0 Å². The van der Waals surface area contributed by atoms with Crippen molar-refractivity contribution in [3.63, 3.8) is 0 Å². The van der Waals surface area contributed by atoms with E-state index < -0.39 is 0 Å². The van der Waals surface area contributed by atoms with Gasteiger partial charge < -0.3 is 5.32 Å². The van der Waals surface area contributed by atoms with Crippen molar-refractivity contribution in [1.82, 2.24) is 5.32 Å². The van der Waals surface area contributed by atoms with Crippen molar-refractivity contribution in [3.05, 3.63) is 11.6 Å². The molecule has 64 valence electrons. The summed E-state index contributed by atoms with van der Waals surface area (Å²) in [5.74, 6) is 0. The second kappa shape index (κ2) is 2.98. The first-order valence-corrected chi connectivity index (χ1v) is 4.46. The standard InChI is InChI=1S/C10H19N/c1-8-9(10(2,3)4)6-5-7-11-8/h6,8,11H,5,7H2,1-4H3/t8-/m1/s1. The highest BCUT2D eigenvalue weighted by Gasteiger charge is 2.23. The van der Waals surface area contributed by atoms with Crippen LogP contribution in [0.3, 0.4) is 0 Å². The van der Waals surface area contributed by atoms with Gasteiger partial charge in [0, 0.05) is 6.04 Å². The van der Waals surface area contributed by atoms with Gasteiger partial charge in [-0.2, -0.15) is 0 Å². The lowest BCUT2D eigenvalue weighted by Gasteiger charge is -2.32. The van der Waals surface area contributed by atoms with Crippen LogP contribution in [-0.4, -0.2) is 12.6 Å². The van der Waals surface area contributed by atoms with Gasteiger partial charge in [-0.05, 0) is 25.3 Å². The monoisotopic (exact) mass is 153 g/mol. The predicted molar refractivity (Wildman–Crippen MR) is 49.6 cm³/mol. The zero-order valence-corrected chi connectivity index (χ0v) is 8.07. The fraction of sp³-hybridized carbons (Fsp3) is 0.800. The molecule has 0 aromatic carbocycles. The Morgan fingerprint density at radius 1 is 1.45 bits per heavy atom. The van der Waals surface area contributed by atoms with E-state index >= 15 is 0 Å². The molecular formula is C10H19N. The van der Waals surface area contributed by atoms with Gasteiger partial charge in [0.2, 0.25) is 0 Å². The highest BCUT2D eigenvalue weighted by molar-refractivity contribution is 5.19. The summed E-state index contributed by atoms with van der Waals surface area (Å²) in [6, 6.07) is 0.573. The SMILES string of the molecule is C[C@H]1NCCC=C1C(C)(C)C. The molecule has 1 atom stereocenters. The molecule has 0 aliphatic carbocycles. The third-order valence-electron chi connectivity index (χ3n) is 2.29. The van der Waals surface area contributed by atoms with E-state index in [9.17, 15) is 0 Å². The molecule has 0 aromatic heterocycles. The highest BCUT2D eigenvalue weighted by Crippen LogP contribution is 2.29. The van der Waals surface area contributed by atoms with E-state index in [0.717, 1.165) is 6.54 Å². The molecule has 1 heteroatoms. The van der Waals surface area contributed by atoms with E-state index in [1.54, 1.807) is 5.57 Å². The number of nitrogens with one attached hydrogen (secondary N) is 1. The van der Waals surface area contributed by atoms with Gasteiger partial charge in [0.25, 0.3) is 0 Å². The van der Waals surface area contributed by atoms with Crippen LogP contribution >= 0.6 is 0 Å². The van der Waals surface area contributed by atoms with Crippen LogP contribution in [0.1, 0.15) is 34.1 Å². The molecule has 0 radical (unpaired) electrons. The third-order valence-corrected chi connectivity index (χ3v) is 2.29. The van der Waals surface area contributed by atoms with E-state index in [1.807, 2.05) is 0 Å². The van der Waals surface area contributed by atoms with Crippen molar-refractivity contribution in [3.8, 4) is 0 Å². The van der Waals surface area contributed by atoms with Gasteiger partial charge in [-0.15, -0.1) is 0 Å². The maximum atomic E-state index is 3.47. The second-order valence-corrected chi connectivity index (χ2v) is 4.37. The molecule has 1 rings (SSSR count). The molecule has 11 heavy (non-hydrogen) atoms. The van der Waals surface area contributed by atoms with Crippen LogP contribution in [0.15, 0.2) is 11.6 Å². The van der Waals surface area contributed by atoms with Crippen molar-refractivity contribution in [1.29, 1.82) is 0 Å². The van der Waals surface area contributed by atoms with Crippen molar-refractivity contribution in [2.75, 3.05) is 6.54 Å². The summed E-state index contributed by atoms with van der Waals surface area (Å²) in [6.07, 6.45) is 3.58. The topological polar surface area (TPSA) is 12.0 Å². The molecule has 0 spiro atoms.